The first-order chi connectivity index (χ1) is 26.4. The number of anilines is 4. The molecule has 6 nitrogen and oxygen atoms in total. The summed E-state index contributed by atoms with van der Waals surface area (Å²) in [7, 11) is 0. The Balaban J connectivity index is 1.20. The van der Waals surface area contributed by atoms with Gasteiger partial charge in [0.25, 0.3) is 0 Å². The molecule has 0 aromatic heterocycles. The van der Waals surface area contributed by atoms with Crippen LogP contribution in [0.4, 0.5) is 22.7 Å². The molecule has 3 aliphatic carbocycles. The molecule has 0 spiro atoms. The highest BCUT2D eigenvalue weighted by Crippen LogP contribution is 2.52. The first-order valence-electron chi connectivity index (χ1n) is 21.1. The van der Waals surface area contributed by atoms with Crippen LogP contribution in [0.5, 0.6) is 11.5 Å². The summed E-state index contributed by atoms with van der Waals surface area (Å²) in [6.07, 6.45) is 13.9. The van der Waals surface area contributed by atoms with Crippen molar-refractivity contribution in [3.8, 4) is 11.5 Å². The fourth-order valence-electron chi connectivity index (χ4n) is 9.72. The molecule has 3 fully saturated rings. The Labute approximate surface area is 323 Å². The quantitative estimate of drug-likeness (QED) is 0.134. The second kappa shape index (κ2) is 17.6. The number of unbranched alkanes of at least 4 members (excludes halogenated alkanes) is 2. The fourth-order valence-corrected chi connectivity index (χ4v) is 9.72. The molecule has 0 saturated heterocycles. The summed E-state index contributed by atoms with van der Waals surface area (Å²) < 4.78 is 0. The maximum absolute atomic E-state index is 13.9. The van der Waals surface area contributed by atoms with Crippen LogP contribution in [0.2, 0.25) is 0 Å². The molecule has 6 heteroatoms. The van der Waals surface area contributed by atoms with Gasteiger partial charge in [0.1, 0.15) is 11.5 Å². The molecule has 4 aromatic rings. The minimum Gasteiger partial charge on any atom is -0.851 e. The molecule has 0 bridgehead atoms. The van der Waals surface area contributed by atoms with E-state index in [2.05, 4.69) is 72.2 Å². The number of hydrogen-bond acceptors (Lipinski definition) is 6. The van der Waals surface area contributed by atoms with Gasteiger partial charge in [-0.2, -0.15) is 0 Å². The molecular weight excluding hydrogens is 669 g/mol. The van der Waals surface area contributed by atoms with Gasteiger partial charge >= 0.3 is 0 Å². The van der Waals surface area contributed by atoms with E-state index >= 15 is 0 Å². The van der Waals surface area contributed by atoms with Crippen LogP contribution in [0.3, 0.4) is 0 Å². The Morgan fingerprint density at radius 1 is 0.537 bits per heavy atom. The van der Waals surface area contributed by atoms with E-state index in [9.17, 15) is 20.4 Å². The summed E-state index contributed by atoms with van der Waals surface area (Å²) in [6, 6.07) is 28.5. The smallest absolute Gasteiger partial charge is 0.121 e. The Kier molecular flexibility index (Phi) is 12.5. The van der Waals surface area contributed by atoms with Gasteiger partial charge in [0.05, 0.1) is 0 Å². The van der Waals surface area contributed by atoms with Crippen molar-refractivity contribution in [1.29, 1.82) is 0 Å². The van der Waals surface area contributed by atoms with Crippen molar-refractivity contribution in [2.45, 2.75) is 140 Å². The Morgan fingerprint density at radius 3 is 1.41 bits per heavy atom. The number of benzene rings is 4. The van der Waals surface area contributed by atoms with Gasteiger partial charge in [0.15, 0.2) is 0 Å². The number of aromatic hydroxyl groups is 2. The monoisotopic (exact) mass is 728 g/mol. The fraction of sp³-hybridized carbons (Fsp3) is 0.500. The third kappa shape index (κ3) is 7.88. The molecule has 3 aliphatic rings. The summed E-state index contributed by atoms with van der Waals surface area (Å²) >= 11 is 0. The maximum Gasteiger partial charge on any atom is 0.121 e. The van der Waals surface area contributed by atoms with Crippen molar-refractivity contribution in [2.75, 3.05) is 22.9 Å². The van der Waals surface area contributed by atoms with E-state index in [0.29, 0.717) is 23.0 Å². The second-order valence-electron chi connectivity index (χ2n) is 16.3. The predicted molar refractivity (Wildman–Crippen MR) is 218 cm³/mol. The number of phenols is 2. The van der Waals surface area contributed by atoms with Crippen molar-refractivity contribution >= 4 is 22.7 Å². The molecule has 0 aliphatic heterocycles. The van der Waals surface area contributed by atoms with Gasteiger partial charge in [0.2, 0.25) is 0 Å². The van der Waals surface area contributed by atoms with Crippen LogP contribution in [-0.2, 0) is 0 Å². The van der Waals surface area contributed by atoms with Crippen molar-refractivity contribution < 1.29 is 20.4 Å². The van der Waals surface area contributed by atoms with Gasteiger partial charge in [-0.15, -0.1) is 12.2 Å². The normalized spacial score (nSPS) is 22.1. The van der Waals surface area contributed by atoms with Gasteiger partial charge in [-0.05, 0) is 109 Å². The van der Waals surface area contributed by atoms with E-state index in [1.54, 1.807) is 18.2 Å². The van der Waals surface area contributed by atoms with E-state index < -0.39 is 24.0 Å². The zero-order chi connectivity index (χ0) is 37.6. The van der Waals surface area contributed by atoms with Gasteiger partial charge in [-0.25, -0.2) is 0 Å². The highest BCUT2D eigenvalue weighted by molar-refractivity contribution is 5.82. The summed E-state index contributed by atoms with van der Waals surface area (Å²) in [5.41, 5.74) is 7.51. The second-order valence-corrected chi connectivity index (χ2v) is 16.3. The predicted octanol–water partition coefficient (Wildman–Crippen LogP) is 10.4. The van der Waals surface area contributed by atoms with Crippen LogP contribution in [0.25, 0.3) is 0 Å². The van der Waals surface area contributed by atoms with Gasteiger partial charge in [0, 0.05) is 48.0 Å². The zero-order valence-corrected chi connectivity index (χ0v) is 32.5. The van der Waals surface area contributed by atoms with Crippen molar-refractivity contribution in [3.63, 3.8) is 0 Å². The third-order valence-corrected chi connectivity index (χ3v) is 12.8. The number of para-hydroxylation sites is 2. The van der Waals surface area contributed by atoms with Gasteiger partial charge in [-0.3, -0.25) is 0 Å². The Bertz CT molecular complexity index is 1750. The molecule has 0 amide bonds. The SMILES string of the molecule is CCCCN(CCCC)c1ccc(C2C([O-])C(c3ccc(N(c4ccccc4C4CCCCC4)c4ccccc4C4CCCCC4)cc3O)C2[O-])c(O)c1. The summed E-state index contributed by atoms with van der Waals surface area (Å²) in [5, 5.41) is 50.7. The van der Waals surface area contributed by atoms with Gasteiger partial charge in [-0.1, -0.05) is 114 Å². The number of nitrogens with zero attached hydrogens (tertiary/aromatic N) is 2. The zero-order valence-electron chi connectivity index (χ0n) is 32.5. The molecule has 0 radical (unpaired) electrons. The molecule has 288 valence electrons. The first-order valence-corrected chi connectivity index (χ1v) is 21.1. The van der Waals surface area contributed by atoms with E-state index in [-0.39, 0.29) is 11.5 Å². The Hall–Kier alpha value is -4.00. The van der Waals surface area contributed by atoms with E-state index in [0.717, 1.165) is 61.5 Å². The van der Waals surface area contributed by atoms with Crippen LogP contribution in [-0.4, -0.2) is 35.5 Å². The highest BCUT2D eigenvalue weighted by atomic mass is 16.3. The molecule has 2 atom stereocenters. The van der Waals surface area contributed by atoms with Crippen molar-refractivity contribution in [2.24, 2.45) is 0 Å². The largest absolute Gasteiger partial charge is 0.851 e. The van der Waals surface area contributed by atoms with E-state index in [1.165, 1.54) is 75.3 Å². The number of rotatable bonds is 14. The van der Waals surface area contributed by atoms with Crippen LogP contribution in [0.15, 0.2) is 84.9 Å². The first kappa shape index (κ1) is 38.3. The molecule has 54 heavy (non-hydrogen) atoms. The summed E-state index contributed by atoms with van der Waals surface area (Å²) in [6.45, 7) is 6.15. The lowest BCUT2D eigenvalue weighted by Crippen LogP contribution is -2.63. The lowest BCUT2D eigenvalue weighted by molar-refractivity contribution is -0.536. The lowest BCUT2D eigenvalue weighted by Gasteiger charge is -2.61. The minimum atomic E-state index is -1.27. The van der Waals surface area contributed by atoms with Gasteiger partial charge < -0.3 is 30.2 Å². The average molecular weight is 729 g/mol. The van der Waals surface area contributed by atoms with Crippen LogP contribution in [0.1, 0.15) is 150 Å². The average Bonchev–Trinajstić information content (AvgIpc) is 3.21. The standard InChI is InChI=1S/C48H60N2O4/c1-3-5-29-49(30-6-4-2)35-25-27-39(43(51)31-35)45-47(53)46(48(45)54)40-28-26-36(32-44(40)52)50(41-23-15-13-21-37(41)33-17-9-7-10-18-33)42-24-16-14-22-38(42)34-19-11-8-12-20-34/h13-16,21-28,31-34,45-48,51-52H,3-12,17-20,29-30H2,1-2H3/q-2. The van der Waals surface area contributed by atoms with Crippen molar-refractivity contribution in [3.05, 3.63) is 107 Å². The van der Waals surface area contributed by atoms with E-state index in [1.807, 2.05) is 18.2 Å². The molecule has 7 rings (SSSR count). The maximum atomic E-state index is 13.9. The van der Waals surface area contributed by atoms with Crippen LogP contribution in [0, 0.1) is 0 Å². The third-order valence-electron chi connectivity index (χ3n) is 12.8. The molecule has 4 aromatic carbocycles. The summed E-state index contributed by atoms with van der Waals surface area (Å²) in [5.74, 6) is -0.824. The topological polar surface area (TPSA) is 93.1 Å². The van der Waals surface area contributed by atoms with Crippen LogP contribution < -0.4 is 20.0 Å². The lowest BCUT2D eigenvalue weighted by atomic mass is 9.63. The molecule has 0 heterocycles. The minimum absolute atomic E-state index is 0.0131. The van der Waals surface area contributed by atoms with Crippen LogP contribution >= 0.6 is 0 Å². The molecule has 2 N–H and O–H groups in total. The number of hydrogen-bond donors (Lipinski definition) is 2. The van der Waals surface area contributed by atoms with Crippen molar-refractivity contribution in [1.82, 2.24) is 0 Å². The number of phenolic OH excluding ortho intramolecular Hbond substituents is 2. The molecule has 2 unspecified atom stereocenters. The summed E-state index contributed by atoms with van der Waals surface area (Å²) in [4.78, 5) is 4.61. The molecule has 3 saturated carbocycles. The highest BCUT2D eigenvalue weighted by Gasteiger charge is 2.41. The van der Waals surface area contributed by atoms with E-state index in [4.69, 9.17) is 0 Å². The molecular formula is C48H60N2O4-2. The Morgan fingerprint density at radius 2 is 0.963 bits per heavy atom.